The zero-order chi connectivity index (χ0) is 13.0. The Kier molecular flexibility index (Phi) is 5.08. The molecule has 2 aliphatic rings. The molecule has 2 nitrogen and oxygen atoms in total. The molecule has 1 heterocycles. The Morgan fingerprint density at radius 3 is 2.17 bits per heavy atom. The Morgan fingerprint density at radius 1 is 1.00 bits per heavy atom. The molecular weight excluding hydrogens is 220 g/mol. The lowest BCUT2D eigenvalue weighted by Gasteiger charge is -2.39. The molecule has 1 saturated carbocycles. The van der Waals surface area contributed by atoms with Crippen LogP contribution in [0.1, 0.15) is 52.4 Å². The molecule has 0 aromatic heterocycles. The first-order valence-corrected chi connectivity index (χ1v) is 7.96. The van der Waals surface area contributed by atoms with Gasteiger partial charge < -0.3 is 10.2 Å². The number of piperidine rings is 1. The fourth-order valence-electron chi connectivity index (χ4n) is 3.67. The van der Waals surface area contributed by atoms with Crippen LogP contribution >= 0.6 is 0 Å². The summed E-state index contributed by atoms with van der Waals surface area (Å²) in [6.07, 6.45) is 8.60. The third-order valence-corrected chi connectivity index (χ3v) is 5.18. The number of hydrogen-bond donors (Lipinski definition) is 1. The van der Waals surface area contributed by atoms with E-state index in [4.69, 9.17) is 0 Å². The van der Waals surface area contributed by atoms with Gasteiger partial charge in [0, 0.05) is 6.54 Å². The molecule has 0 unspecified atom stereocenters. The van der Waals surface area contributed by atoms with E-state index in [1.54, 1.807) is 0 Å². The maximum atomic E-state index is 3.32. The highest BCUT2D eigenvalue weighted by molar-refractivity contribution is 4.82. The molecule has 2 heteroatoms. The average molecular weight is 252 g/mol. The second kappa shape index (κ2) is 6.38. The Morgan fingerprint density at radius 2 is 1.61 bits per heavy atom. The highest BCUT2D eigenvalue weighted by Gasteiger charge is 2.28. The van der Waals surface area contributed by atoms with E-state index in [1.807, 2.05) is 0 Å². The molecule has 106 valence electrons. The van der Waals surface area contributed by atoms with Gasteiger partial charge in [-0.15, -0.1) is 0 Å². The quantitative estimate of drug-likeness (QED) is 0.827. The van der Waals surface area contributed by atoms with Gasteiger partial charge in [-0.2, -0.15) is 0 Å². The SMILES string of the molecule is CNCC1CCN(CC2CCC(C)(C)CC2)CC1. The Hall–Kier alpha value is -0.0800. The van der Waals surface area contributed by atoms with Crippen LogP contribution in [0.4, 0.5) is 0 Å². The lowest BCUT2D eigenvalue weighted by Crippen LogP contribution is -2.40. The zero-order valence-corrected chi connectivity index (χ0v) is 12.7. The summed E-state index contributed by atoms with van der Waals surface area (Å²) in [7, 11) is 2.08. The van der Waals surface area contributed by atoms with Crippen molar-refractivity contribution < 1.29 is 0 Å². The minimum atomic E-state index is 0.621. The van der Waals surface area contributed by atoms with E-state index in [-0.39, 0.29) is 0 Å². The predicted molar refractivity (Wildman–Crippen MR) is 78.8 cm³/mol. The van der Waals surface area contributed by atoms with Gasteiger partial charge in [-0.05, 0) is 82.5 Å². The van der Waals surface area contributed by atoms with Crippen molar-refractivity contribution in [3.05, 3.63) is 0 Å². The number of hydrogen-bond acceptors (Lipinski definition) is 2. The molecule has 18 heavy (non-hydrogen) atoms. The summed E-state index contributed by atoms with van der Waals surface area (Å²) in [6.45, 7) is 10.1. The van der Waals surface area contributed by atoms with Crippen LogP contribution in [0.2, 0.25) is 0 Å². The van der Waals surface area contributed by atoms with Gasteiger partial charge in [-0.25, -0.2) is 0 Å². The molecule has 0 aromatic rings. The first-order chi connectivity index (χ1) is 8.59. The molecule has 2 fully saturated rings. The van der Waals surface area contributed by atoms with Gasteiger partial charge in [0.1, 0.15) is 0 Å². The van der Waals surface area contributed by atoms with Crippen molar-refractivity contribution in [3.63, 3.8) is 0 Å². The highest BCUT2D eigenvalue weighted by atomic mass is 15.1. The Bertz CT molecular complexity index is 231. The molecule has 1 aliphatic heterocycles. The van der Waals surface area contributed by atoms with Crippen LogP contribution < -0.4 is 5.32 Å². The van der Waals surface area contributed by atoms with Crippen LogP contribution in [0, 0.1) is 17.3 Å². The van der Waals surface area contributed by atoms with Crippen molar-refractivity contribution in [2.45, 2.75) is 52.4 Å². The minimum Gasteiger partial charge on any atom is -0.319 e. The summed E-state index contributed by atoms with van der Waals surface area (Å²) in [5.74, 6) is 1.91. The van der Waals surface area contributed by atoms with Gasteiger partial charge in [0.15, 0.2) is 0 Å². The van der Waals surface area contributed by atoms with E-state index in [2.05, 4.69) is 31.1 Å². The van der Waals surface area contributed by atoms with E-state index in [9.17, 15) is 0 Å². The van der Waals surface area contributed by atoms with Gasteiger partial charge in [-0.1, -0.05) is 13.8 Å². The van der Waals surface area contributed by atoms with Crippen molar-refractivity contribution in [1.82, 2.24) is 10.2 Å². The number of nitrogens with zero attached hydrogens (tertiary/aromatic N) is 1. The Balaban J connectivity index is 1.66. The topological polar surface area (TPSA) is 15.3 Å². The molecule has 0 atom stereocenters. The van der Waals surface area contributed by atoms with E-state index >= 15 is 0 Å². The third-order valence-electron chi connectivity index (χ3n) is 5.18. The number of likely N-dealkylation sites (tertiary alicyclic amines) is 1. The number of nitrogens with one attached hydrogen (secondary N) is 1. The maximum Gasteiger partial charge on any atom is 0.000967 e. The fourth-order valence-corrected chi connectivity index (χ4v) is 3.67. The second-order valence-electron chi connectivity index (χ2n) is 7.41. The largest absolute Gasteiger partial charge is 0.319 e. The fraction of sp³-hybridized carbons (Fsp3) is 1.00. The van der Waals surface area contributed by atoms with Gasteiger partial charge in [0.05, 0.1) is 0 Å². The smallest absolute Gasteiger partial charge is 0.000967 e. The lowest BCUT2D eigenvalue weighted by atomic mass is 9.73. The van der Waals surface area contributed by atoms with Crippen LogP contribution in [0.3, 0.4) is 0 Å². The van der Waals surface area contributed by atoms with Gasteiger partial charge in [-0.3, -0.25) is 0 Å². The van der Waals surface area contributed by atoms with Crippen molar-refractivity contribution >= 4 is 0 Å². The molecule has 0 aromatic carbocycles. The molecule has 1 saturated heterocycles. The van der Waals surface area contributed by atoms with E-state index in [0.717, 1.165) is 11.8 Å². The molecule has 1 aliphatic carbocycles. The molecule has 0 bridgehead atoms. The minimum absolute atomic E-state index is 0.621. The van der Waals surface area contributed by atoms with Crippen molar-refractivity contribution in [1.29, 1.82) is 0 Å². The summed E-state index contributed by atoms with van der Waals surface area (Å²) >= 11 is 0. The summed E-state index contributed by atoms with van der Waals surface area (Å²) in [5.41, 5.74) is 0.621. The third kappa shape index (κ3) is 4.24. The van der Waals surface area contributed by atoms with Gasteiger partial charge >= 0.3 is 0 Å². The van der Waals surface area contributed by atoms with Crippen molar-refractivity contribution in [2.24, 2.45) is 17.3 Å². The summed E-state index contributed by atoms with van der Waals surface area (Å²) < 4.78 is 0. The maximum absolute atomic E-state index is 3.32. The van der Waals surface area contributed by atoms with Gasteiger partial charge in [0.2, 0.25) is 0 Å². The normalized spacial score (nSPS) is 27.5. The first-order valence-electron chi connectivity index (χ1n) is 7.96. The monoisotopic (exact) mass is 252 g/mol. The van der Waals surface area contributed by atoms with Crippen molar-refractivity contribution in [2.75, 3.05) is 33.2 Å². The van der Waals surface area contributed by atoms with Crippen LogP contribution in [-0.4, -0.2) is 38.1 Å². The molecule has 0 spiro atoms. The Labute approximate surface area is 114 Å². The molecule has 2 rings (SSSR count). The molecule has 0 radical (unpaired) electrons. The molecular formula is C16H32N2. The second-order valence-corrected chi connectivity index (χ2v) is 7.41. The van der Waals surface area contributed by atoms with E-state index in [1.165, 1.54) is 64.7 Å². The molecule has 1 N–H and O–H groups in total. The van der Waals surface area contributed by atoms with Crippen LogP contribution in [-0.2, 0) is 0 Å². The highest BCUT2D eigenvalue weighted by Crippen LogP contribution is 2.38. The number of rotatable bonds is 4. The average Bonchev–Trinajstić information content (AvgIpc) is 2.35. The van der Waals surface area contributed by atoms with E-state index < -0.39 is 0 Å². The van der Waals surface area contributed by atoms with E-state index in [0.29, 0.717) is 5.41 Å². The summed E-state index contributed by atoms with van der Waals surface area (Å²) in [5, 5.41) is 3.32. The predicted octanol–water partition coefficient (Wildman–Crippen LogP) is 3.13. The zero-order valence-electron chi connectivity index (χ0n) is 12.7. The van der Waals surface area contributed by atoms with Crippen LogP contribution in [0.25, 0.3) is 0 Å². The van der Waals surface area contributed by atoms with Crippen LogP contribution in [0.5, 0.6) is 0 Å². The summed E-state index contributed by atoms with van der Waals surface area (Å²) in [4.78, 5) is 2.73. The summed E-state index contributed by atoms with van der Waals surface area (Å²) in [6, 6.07) is 0. The lowest BCUT2D eigenvalue weighted by molar-refractivity contribution is 0.117. The van der Waals surface area contributed by atoms with Crippen molar-refractivity contribution in [3.8, 4) is 0 Å². The van der Waals surface area contributed by atoms with Gasteiger partial charge in [0.25, 0.3) is 0 Å². The molecule has 0 amide bonds. The van der Waals surface area contributed by atoms with Crippen LogP contribution in [0.15, 0.2) is 0 Å². The first kappa shape index (κ1) is 14.3. The standard InChI is InChI=1S/C16H32N2/c1-16(2)8-4-15(5-9-16)13-18-10-6-14(7-11-18)12-17-3/h14-15,17H,4-13H2,1-3H3.